The first-order chi connectivity index (χ1) is 15.4. The average molecular weight is 466 g/mol. The van der Waals surface area contributed by atoms with Crippen molar-refractivity contribution in [2.75, 3.05) is 0 Å². The van der Waals surface area contributed by atoms with E-state index in [1.807, 2.05) is 41.1 Å². The minimum atomic E-state index is -0.919. The van der Waals surface area contributed by atoms with E-state index in [9.17, 15) is 19.5 Å². The summed E-state index contributed by atoms with van der Waals surface area (Å²) in [7, 11) is 0. The summed E-state index contributed by atoms with van der Waals surface area (Å²) in [5, 5.41) is 13.9. The van der Waals surface area contributed by atoms with E-state index >= 15 is 0 Å². The Morgan fingerprint density at radius 3 is 2.72 bits per heavy atom. The number of halogens is 1. The van der Waals surface area contributed by atoms with E-state index in [1.54, 1.807) is 17.4 Å². The number of H-pyrrole nitrogens is 2. The van der Waals surface area contributed by atoms with Crippen LogP contribution in [-0.4, -0.2) is 25.6 Å². The van der Waals surface area contributed by atoms with Crippen LogP contribution in [0.4, 0.5) is 0 Å². The molecule has 5 rings (SSSR count). The SMILES string of the molecule is O=C(O)Cc1cn(Cc2csc3ccc(Cl)cc23)c2cc(-c3c[nH]c(=O)[nH]c3=O)ccc12. The lowest BCUT2D eigenvalue weighted by molar-refractivity contribution is -0.136. The number of benzene rings is 2. The van der Waals surface area contributed by atoms with Crippen LogP contribution in [-0.2, 0) is 17.8 Å². The van der Waals surface area contributed by atoms with Crippen LogP contribution in [0.15, 0.2) is 63.8 Å². The Bertz CT molecular complexity index is 1630. The number of aliphatic carboxylic acids is 1. The topological polar surface area (TPSA) is 108 Å². The Morgan fingerprint density at radius 1 is 1.09 bits per heavy atom. The molecule has 0 bridgehead atoms. The molecule has 3 N–H and O–H groups in total. The summed E-state index contributed by atoms with van der Waals surface area (Å²) in [5.41, 5.74) is 2.43. The number of carboxylic acid groups (broad SMARTS) is 1. The van der Waals surface area contributed by atoms with Gasteiger partial charge in [-0.2, -0.15) is 0 Å². The van der Waals surface area contributed by atoms with E-state index in [2.05, 4.69) is 15.3 Å². The second-order valence-corrected chi connectivity index (χ2v) is 8.82. The van der Waals surface area contributed by atoms with Gasteiger partial charge in [-0.05, 0) is 51.7 Å². The van der Waals surface area contributed by atoms with Gasteiger partial charge in [0, 0.05) is 39.6 Å². The fourth-order valence-electron chi connectivity index (χ4n) is 3.95. The summed E-state index contributed by atoms with van der Waals surface area (Å²) < 4.78 is 3.10. The number of aromatic amines is 2. The molecule has 0 radical (unpaired) electrons. The van der Waals surface area contributed by atoms with Gasteiger partial charge in [0.15, 0.2) is 0 Å². The van der Waals surface area contributed by atoms with Crippen LogP contribution in [0, 0.1) is 0 Å². The molecule has 2 aromatic carbocycles. The summed E-state index contributed by atoms with van der Waals surface area (Å²) in [6.07, 6.45) is 3.11. The molecule has 0 amide bonds. The standard InChI is InChI=1S/C23H16ClN3O4S/c24-15-2-4-20-17(7-15)14(11-32-20)10-27-9-13(6-21(28)29)16-3-1-12(5-19(16)27)18-8-25-23(31)26-22(18)30/h1-5,7-9,11H,6,10H2,(H,28,29)(H2,25,26,30,31). The van der Waals surface area contributed by atoms with Crippen LogP contribution in [0.2, 0.25) is 5.02 Å². The quantitative estimate of drug-likeness (QED) is 0.361. The number of thiophene rings is 1. The van der Waals surface area contributed by atoms with E-state index in [0.29, 0.717) is 28.3 Å². The number of fused-ring (bicyclic) bond motifs is 2. The molecule has 9 heteroatoms. The van der Waals surface area contributed by atoms with Crippen LogP contribution < -0.4 is 11.2 Å². The van der Waals surface area contributed by atoms with Gasteiger partial charge in [-0.3, -0.25) is 14.6 Å². The van der Waals surface area contributed by atoms with Gasteiger partial charge in [-0.25, -0.2) is 4.79 Å². The molecule has 3 aromatic heterocycles. The molecule has 3 heterocycles. The highest BCUT2D eigenvalue weighted by Gasteiger charge is 2.15. The van der Waals surface area contributed by atoms with E-state index in [1.165, 1.54) is 6.20 Å². The van der Waals surface area contributed by atoms with Crippen molar-refractivity contribution in [1.29, 1.82) is 0 Å². The number of hydrogen-bond acceptors (Lipinski definition) is 4. The van der Waals surface area contributed by atoms with Crippen molar-refractivity contribution in [1.82, 2.24) is 14.5 Å². The van der Waals surface area contributed by atoms with Gasteiger partial charge in [0.05, 0.1) is 12.0 Å². The van der Waals surface area contributed by atoms with Gasteiger partial charge in [-0.1, -0.05) is 23.7 Å². The van der Waals surface area contributed by atoms with Crippen molar-refractivity contribution >= 4 is 49.9 Å². The molecule has 0 unspecified atom stereocenters. The van der Waals surface area contributed by atoms with Crippen LogP contribution in [0.5, 0.6) is 0 Å². The zero-order chi connectivity index (χ0) is 22.4. The largest absolute Gasteiger partial charge is 0.481 e. The first kappa shape index (κ1) is 20.3. The zero-order valence-electron chi connectivity index (χ0n) is 16.5. The van der Waals surface area contributed by atoms with Gasteiger partial charge in [0.25, 0.3) is 5.56 Å². The van der Waals surface area contributed by atoms with Crippen LogP contribution in [0.25, 0.3) is 32.1 Å². The molecule has 0 saturated carbocycles. The highest BCUT2D eigenvalue weighted by molar-refractivity contribution is 7.17. The van der Waals surface area contributed by atoms with Gasteiger partial charge in [0.1, 0.15) is 0 Å². The van der Waals surface area contributed by atoms with E-state index in [0.717, 1.165) is 26.6 Å². The number of carboxylic acids is 1. The third-order valence-electron chi connectivity index (χ3n) is 5.39. The summed E-state index contributed by atoms with van der Waals surface area (Å²) in [6.45, 7) is 0.516. The molecule has 0 aliphatic rings. The summed E-state index contributed by atoms with van der Waals surface area (Å²) in [5.74, 6) is -0.919. The summed E-state index contributed by atoms with van der Waals surface area (Å²) in [6, 6.07) is 11.2. The van der Waals surface area contributed by atoms with Crippen LogP contribution in [0.3, 0.4) is 0 Å². The molecular formula is C23H16ClN3O4S. The predicted octanol–water partition coefficient (Wildman–Crippen LogP) is 4.23. The number of nitrogens with one attached hydrogen (secondary N) is 2. The van der Waals surface area contributed by atoms with E-state index in [4.69, 9.17) is 11.6 Å². The maximum atomic E-state index is 12.3. The number of carbonyl (C=O) groups is 1. The number of rotatable bonds is 5. The van der Waals surface area contributed by atoms with Crippen molar-refractivity contribution in [3.8, 4) is 11.1 Å². The minimum absolute atomic E-state index is 0.113. The van der Waals surface area contributed by atoms with Gasteiger partial charge in [0.2, 0.25) is 0 Å². The van der Waals surface area contributed by atoms with Crippen LogP contribution in [0.1, 0.15) is 11.1 Å². The molecule has 0 spiro atoms. The fourth-order valence-corrected chi connectivity index (χ4v) is 5.06. The maximum Gasteiger partial charge on any atom is 0.325 e. The minimum Gasteiger partial charge on any atom is -0.481 e. The van der Waals surface area contributed by atoms with E-state index < -0.39 is 17.2 Å². The number of nitrogens with zero attached hydrogens (tertiary/aromatic N) is 1. The average Bonchev–Trinajstić information content (AvgIpc) is 3.29. The zero-order valence-corrected chi connectivity index (χ0v) is 18.1. The predicted molar refractivity (Wildman–Crippen MR) is 126 cm³/mol. The van der Waals surface area contributed by atoms with Crippen LogP contribution >= 0.6 is 22.9 Å². The second-order valence-electron chi connectivity index (χ2n) is 7.47. The lowest BCUT2D eigenvalue weighted by atomic mass is 10.0. The van der Waals surface area contributed by atoms with E-state index in [-0.39, 0.29) is 6.42 Å². The molecule has 160 valence electrons. The summed E-state index contributed by atoms with van der Waals surface area (Å²) in [4.78, 5) is 39.8. The third kappa shape index (κ3) is 3.63. The smallest absolute Gasteiger partial charge is 0.325 e. The Labute approximate surface area is 189 Å². The Kier molecular flexibility index (Phi) is 4.96. The molecule has 0 fully saturated rings. The Morgan fingerprint density at radius 2 is 1.94 bits per heavy atom. The molecular weight excluding hydrogens is 450 g/mol. The van der Waals surface area contributed by atoms with Gasteiger partial charge >= 0.3 is 11.7 Å². The molecule has 0 aliphatic heterocycles. The second kappa shape index (κ2) is 7.81. The molecule has 0 atom stereocenters. The lowest BCUT2D eigenvalue weighted by Gasteiger charge is -2.07. The molecule has 5 aromatic rings. The third-order valence-corrected chi connectivity index (χ3v) is 6.64. The number of aromatic nitrogens is 3. The van der Waals surface area contributed by atoms with Gasteiger partial charge < -0.3 is 14.7 Å². The normalized spacial score (nSPS) is 11.4. The highest BCUT2D eigenvalue weighted by atomic mass is 35.5. The molecule has 7 nitrogen and oxygen atoms in total. The van der Waals surface area contributed by atoms with Crippen molar-refractivity contribution in [3.05, 3.63) is 91.2 Å². The first-order valence-corrected chi connectivity index (χ1v) is 11.0. The highest BCUT2D eigenvalue weighted by Crippen LogP contribution is 2.32. The fraction of sp³-hybridized carbons (Fsp3) is 0.0870. The maximum absolute atomic E-state index is 12.3. The van der Waals surface area contributed by atoms with Crippen molar-refractivity contribution in [2.24, 2.45) is 0 Å². The molecule has 32 heavy (non-hydrogen) atoms. The molecule has 0 saturated heterocycles. The van der Waals surface area contributed by atoms with Gasteiger partial charge in [-0.15, -0.1) is 11.3 Å². The van der Waals surface area contributed by atoms with Crippen molar-refractivity contribution in [3.63, 3.8) is 0 Å². The lowest BCUT2D eigenvalue weighted by Crippen LogP contribution is -2.22. The number of hydrogen-bond donors (Lipinski definition) is 3. The Balaban J connectivity index is 1.67. The molecule has 0 aliphatic carbocycles. The monoisotopic (exact) mass is 465 g/mol. The Hall–Kier alpha value is -3.62. The van der Waals surface area contributed by atoms with Crippen molar-refractivity contribution < 1.29 is 9.90 Å². The first-order valence-electron chi connectivity index (χ1n) is 9.70. The summed E-state index contributed by atoms with van der Waals surface area (Å²) >= 11 is 7.82. The van der Waals surface area contributed by atoms with Crippen molar-refractivity contribution in [2.45, 2.75) is 13.0 Å².